The molecule has 3 heterocycles. The van der Waals surface area contributed by atoms with Gasteiger partial charge in [-0.05, 0) is 55.0 Å². The van der Waals surface area contributed by atoms with E-state index < -0.39 is 0 Å². The van der Waals surface area contributed by atoms with Gasteiger partial charge >= 0.3 is 0 Å². The number of halogens is 2. The third kappa shape index (κ3) is 3.98. The van der Waals surface area contributed by atoms with Crippen LogP contribution in [0.25, 0.3) is 11.3 Å². The average molecular weight is 417 g/mol. The molecular weight excluding hydrogens is 391 g/mol. The normalized spacial score (nSPS) is 28.2. The van der Waals surface area contributed by atoms with E-state index in [-0.39, 0.29) is 5.82 Å². The Bertz CT molecular complexity index is 875. The Hall–Kier alpha value is -1.76. The first-order valence-corrected chi connectivity index (χ1v) is 10.7. The van der Waals surface area contributed by atoms with Crippen LogP contribution in [0.3, 0.4) is 0 Å². The molecular formula is C22H26ClFN4O. The second kappa shape index (κ2) is 7.49. The van der Waals surface area contributed by atoms with Crippen molar-refractivity contribution >= 4 is 17.4 Å². The van der Waals surface area contributed by atoms with E-state index in [0.29, 0.717) is 27.7 Å². The van der Waals surface area contributed by atoms with Gasteiger partial charge in [-0.3, -0.25) is 0 Å². The van der Waals surface area contributed by atoms with Crippen molar-refractivity contribution in [2.75, 3.05) is 38.2 Å². The topological polar surface area (TPSA) is 50.3 Å². The highest BCUT2D eigenvalue weighted by atomic mass is 35.5. The summed E-state index contributed by atoms with van der Waals surface area (Å²) >= 11 is 6.17. The standard InChI is InChI=1S/C22H26ClFN4O/c1-22(12-29-13-22)11-28-9-14-6-17(7-15(14)10-28)25-21-5-4-20(26-27-21)18-8-16(24)2-3-19(18)23/h2-5,8,14-15,17H,6-7,9-13H2,1H3,(H,25,27). The summed E-state index contributed by atoms with van der Waals surface area (Å²) in [6.45, 7) is 7.68. The zero-order valence-electron chi connectivity index (χ0n) is 16.6. The highest BCUT2D eigenvalue weighted by molar-refractivity contribution is 6.33. The molecule has 3 aliphatic rings. The van der Waals surface area contributed by atoms with Gasteiger partial charge in [0.1, 0.15) is 11.6 Å². The molecule has 2 unspecified atom stereocenters. The number of nitrogens with one attached hydrogen (secondary N) is 1. The molecule has 1 aliphatic carbocycles. The number of ether oxygens (including phenoxy) is 1. The maximum absolute atomic E-state index is 13.5. The van der Waals surface area contributed by atoms with E-state index in [1.165, 1.54) is 38.1 Å². The van der Waals surface area contributed by atoms with E-state index >= 15 is 0 Å². The summed E-state index contributed by atoms with van der Waals surface area (Å²) in [7, 11) is 0. The summed E-state index contributed by atoms with van der Waals surface area (Å²) in [5.41, 5.74) is 1.50. The summed E-state index contributed by atoms with van der Waals surface area (Å²) in [6.07, 6.45) is 2.35. The highest BCUT2D eigenvalue weighted by Gasteiger charge is 2.44. The largest absolute Gasteiger partial charge is 0.380 e. The first kappa shape index (κ1) is 19.2. The maximum atomic E-state index is 13.5. The van der Waals surface area contributed by atoms with E-state index in [9.17, 15) is 4.39 Å². The molecule has 2 atom stereocenters. The van der Waals surface area contributed by atoms with Gasteiger partial charge < -0.3 is 15.0 Å². The van der Waals surface area contributed by atoms with Crippen molar-refractivity contribution in [2.45, 2.75) is 25.8 Å². The number of hydrogen-bond donors (Lipinski definition) is 1. The lowest BCUT2D eigenvalue weighted by atomic mass is 9.88. The number of anilines is 1. The summed E-state index contributed by atoms with van der Waals surface area (Å²) in [5, 5.41) is 12.6. The molecule has 1 aromatic carbocycles. The molecule has 5 rings (SSSR count). The molecule has 1 saturated carbocycles. The summed E-state index contributed by atoms with van der Waals surface area (Å²) in [5.74, 6) is 1.95. The Morgan fingerprint density at radius 2 is 1.93 bits per heavy atom. The fraction of sp³-hybridized carbons (Fsp3) is 0.545. The van der Waals surface area contributed by atoms with Gasteiger partial charge in [-0.25, -0.2) is 4.39 Å². The van der Waals surface area contributed by atoms with Gasteiger partial charge in [0, 0.05) is 36.7 Å². The SMILES string of the molecule is CC1(CN2CC3CC(Nc4ccc(-c5cc(F)ccc5Cl)nn4)CC3C2)COC1. The fourth-order valence-electron chi connectivity index (χ4n) is 5.18. The van der Waals surface area contributed by atoms with Gasteiger partial charge in [0.15, 0.2) is 0 Å². The van der Waals surface area contributed by atoms with Crippen LogP contribution in [0, 0.1) is 23.1 Å². The molecule has 154 valence electrons. The minimum Gasteiger partial charge on any atom is -0.380 e. The zero-order valence-corrected chi connectivity index (χ0v) is 17.3. The van der Waals surface area contributed by atoms with Crippen LogP contribution in [0.1, 0.15) is 19.8 Å². The molecule has 0 spiro atoms. The lowest BCUT2D eigenvalue weighted by Crippen LogP contribution is -2.48. The second-order valence-electron chi connectivity index (χ2n) is 9.26. The highest BCUT2D eigenvalue weighted by Crippen LogP contribution is 2.41. The molecule has 7 heteroatoms. The molecule has 3 fully saturated rings. The van der Waals surface area contributed by atoms with Crippen LogP contribution in [-0.2, 0) is 4.74 Å². The van der Waals surface area contributed by atoms with Crippen molar-refractivity contribution in [3.05, 3.63) is 41.2 Å². The van der Waals surface area contributed by atoms with Crippen LogP contribution in [0.15, 0.2) is 30.3 Å². The van der Waals surface area contributed by atoms with Gasteiger partial charge in [0.25, 0.3) is 0 Å². The van der Waals surface area contributed by atoms with Crippen LogP contribution >= 0.6 is 11.6 Å². The van der Waals surface area contributed by atoms with Gasteiger partial charge in [-0.2, -0.15) is 0 Å². The number of nitrogens with zero attached hydrogens (tertiary/aromatic N) is 3. The zero-order chi connectivity index (χ0) is 20.0. The number of fused-ring (bicyclic) bond motifs is 1. The third-order valence-electron chi connectivity index (χ3n) is 6.55. The summed E-state index contributed by atoms with van der Waals surface area (Å²) < 4.78 is 18.9. The monoisotopic (exact) mass is 416 g/mol. The van der Waals surface area contributed by atoms with Gasteiger partial charge in [-0.15, -0.1) is 10.2 Å². The van der Waals surface area contributed by atoms with Crippen molar-refractivity contribution < 1.29 is 9.13 Å². The lowest BCUT2D eigenvalue weighted by Gasteiger charge is -2.41. The maximum Gasteiger partial charge on any atom is 0.148 e. The predicted molar refractivity (Wildman–Crippen MR) is 111 cm³/mol. The number of rotatable bonds is 5. The minimum absolute atomic E-state index is 0.334. The van der Waals surface area contributed by atoms with Crippen molar-refractivity contribution in [1.82, 2.24) is 15.1 Å². The smallest absolute Gasteiger partial charge is 0.148 e. The number of hydrogen-bond acceptors (Lipinski definition) is 5. The quantitative estimate of drug-likeness (QED) is 0.795. The molecule has 2 aromatic rings. The predicted octanol–water partition coefficient (Wildman–Crippen LogP) is 4.09. The van der Waals surface area contributed by atoms with Crippen LogP contribution in [0.4, 0.5) is 10.2 Å². The van der Waals surface area contributed by atoms with Crippen molar-refractivity contribution in [2.24, 2.45) is 17.3 Å². The van der Waals surface area contributed by atoms with Crippen molar-refractivity contribution in [3.63, 3.8) is 0 Å². The molecule has 0 bridgehead atoms. The molecule has 1 N–H and O–H groups in total. The Morgan fingerprint density at radius 1 is 1.17 bits per heavy atom. The Morgan fingerprint density at radius 3 is 2.55 bits per heavy atom. The van der Waals surface area contributed by atoms with Gasteiger partial charge in [-0.1, -0.05) is 18.5 Å². The molecule has 5 nitrogen and oxygen atoms in total. The Labute approximate surface area is 175 Å². The molecule has 0 radical (unpaired) electrons. The Kier molecular flexibility index (Phi) is 4.96. The number of benzene rings is 1. The number of likely N-dealkylation sites (tertiary alicyclic amines) is 1. The first-order chi connectivity index (χ1) is 14.0. The lowest BCUT2D eigenvalue weighted by molar-refractivity contribution is -0.113. The van der Waals surface area contributed by atoms with Gasteiger partial charge in [0.2, 0.25) is 0 Å². The van der Waals surface area contributed by atoms with Gasteiger partial charge in [0.05, 0.1) is 23.9 Å². The first-order valence-electron chi connectivity index (χ1n) is 10.3. The van der Waals surface area contributed by atoms with Crippen molar-refractivity contribution in [1.29, 1.82) is 0 Å². The summed E-state index contributed by atoms with van der Waals surface area (Å²) in [6, 6.07) is 8.45. The van der Waals surface area contributed by atoms with Crippen LogP contribution < -0.4 is 5.32 Å². The molecule has 2 saturated heterocycles. The van der Waals surface area contributed by atoms with E-state index in [2.05, 4.69) is 27.3 Å². The van der Waals surface area contributed by atoms with Crippen LogP contribution in [0.5, 0.6) is 0 Å². The number of aromatic nitrogens is 2. The molecule has 0 amide bonds. The molecule has 29 heavy (non-hydrogen) atoms. The van der Waals surface area contributed by atoms with E-state index in [1.54, 1.807) is 6.07 Å². The van der Waals surface area contributed by atoms with Crippen LogP contribution in [-0.4, -0.2) is 54.0 Å². The third-order valence-corrected chi connectivity index (χ3v) is 6.88. The van der Waals surface area contributed by atoms with E-state index in [0.717, 1.165) is 37.4 Å². The molecule has 2 aliphatic heterocycles. The second-order valence-corrected chi connectivity index (χ2v) is 9.67. The van der Waals surface area contributed by atoms with E-state index in [4.69, 9.17) is 16.3 Å². The van der Waals surface area contributed by atoms with E-state index in [1.807, 2.05) is 12.1 Å². The Balaban J connectivity index is 1.17. The average Bonchev–Trinajstić information content (AvgIpc) is 3.21. The fourth-order valence-corrected chi connectivity index (χ4v) is 5.40. The minimum atomic E-state index is -0.334. The van der Waals surface area contributed by atoms with Crippen LogP contribution in [0.2, 0.25) is 5.02 Å². The molecule has 1 aromatic heterocycles. The van der Waals surface area contributed by atoms with Crippen molar-refractivity contribution in [3.8, 4) is 11.3 Å². The summed E-state index contributed by atoms with van der Waals surface area (Å²) in [4.78, 5) is 2.63.